The first kappa shape index (κ1) is 12.6. The number of nitrogens with zero attached hydrogens (tertiary/aromatic N) is 1. The van der Waals surface area contributed by atoms with Crippen LogP contribution in [0.2, 0.25) is 0 Å². The lowest BCUT2D eigenvalue weighted by Gasteiger charge is -2.03. The van der Waals surface area contributed by atoms with E-state index in [9.17, 15) is 9.59 Å². The number of rotatable bonds is 6. The summed E-state index contributed by atoms with van der Waals surface area (Å²) in [4.78, 5) is 26.3. The highest BCUT2D eigenvalue weighted by Gasteiger charge is 2.06. The molecule has 16 heavy (non-hydrogen) atoms. The van der Waals surface area contributed by atoms with E-state index in [0.29, 0.717) is 6.54 Å². The number of hydrogen-bond acceptors (Lipinski definition) is 5. The molecule has 0 bridgehead atoms. The molecule has 0 unspecified atom stereocenters. The summed E-state index contributed by atoms with van der Waals surface area (Å²) in [6.45, 7) is 1.54. The second kappa shape index (κ2) is 6.19. The van der Waals surface area contributed by atoms with Crippen molar-refractivity contribution < 1.29 is 19.4 Å². The molecule has 7 heteroatoms. The van der Waals surface area contributed by atoms with E-state index in [1.807, 2.05) is 6.92 Å². The van der Waals surface area contributed by atoms with Gasteiger partial charge < -0.3 is 15.2 Å². The number of aromatic nitrogens is 1. The van der Waals surface area contributed by atoms with Crippen molar-refractivity contribution in [2.24, 2.45) is 0 Å². The van der Waals surface area contributed by atoms with E-state index >= 15 is 0 Å². The van der Waals surface area contributed by atoms with Gasteiger partial charge in [-0.05, 0) is 6.92 Å². The van der Waals surface area contributed by atoms with Gasteiger partial charge in [-0.2, -0.15) is 0 Å². The first-order valence-electron chi connectivity index (χ1n) is 4.55. The van der Waals surface area contributed by atoms with Crippen LogP contribution in [0, 0.1) is 6.92 Å². The molecular formula is C9H12N2O4S. The van der Waals surface area contributed by atoms with Crippen molar-refractivity contribution in [1.29, 1.82) is 0 Å². The highest BCUT2D eigenvalue weighted by molar-refractivity contribution is 7.09. The van der Waals surface area contributed by atoms with Crippen LogP contribution in [0.25, 0.3) is 0 Å². The van der Waals surface area contributed by atoms with Gasteiger partial charge in [-0.25, -0.2) is 9.78 Å². The number of amides is 1. The zero-order valence-corrected chi connectivity index (χ0v) is 9.54. The molecule has 1 heterocycles. The normalized spacial score (nSPS) is 10.1. The molecule has 1 amide bonds. The van der Waals surface area contributed by atoms with Gasteiger partial charge in [0.1, 0.15) is 13.2 Å². The number of thiazole rings is 1. The third kappa shape index (κ3) is 4.37. The van der Waals surface area contributed by atoms with Crippen LogP contribution in [0.4, 0.5) is 0 Å². The van der Waals surface area contributed by atoms with E-state index in [-0.39, 0.29) is 12.5 Å². The summed E-state index contributed by atoms with van der Waals surface area (Å²) in [5, 5.41) is 10.9. The molecule has 0 aliphatic rings. The highest BCUT2D eigenvalue weighted by Crippen LogP contribution is 2.10. The van der Waals surface area contributed by atoms with Gasteiger partial charge in [0.25, 0.3) is 0 Å². The third-order valence-electron chi connectivity index (χ3n) is 1.75. The minimum atomic E-state index is -1.09. The number of hydrogen-bond donors (Lipinski definition) is 2. The second-order valence-electron chi connectivity index (χ2n) is 3.02. The minimum Gasteiger partial charge on any atom is -0.480 e. The predicted octanol–water partition coefficient (Wildman–Crippen LogP) is 0.169. The number of nitrogens with one attached hydrogen (secondary N) is 1. The number of carbonyl (C=O) groups excluding carboxylic acids is 1. The lowest BCUT2D eigenvalue weighted by molar-refractivity contribution is -0.143. The Balaban J connectivity index is 2.20. The molecule has 2 N–H and O–H groups in total. The summed E-state index contributed by atoms with van der Waals surface area (Å²) in [5.74, 6) is -1.43. The molecule has 0 atom stereocenters. The predicted molar refractivity (Wildman–Crippen MR) is 57.2 cm³/mol. The van der Waals surface area contributed by atoms with Crippen molar-refractivity contribution in [2.75, 3.05) is 13.2 Å². The second-order valence-corrected chi connectivity index (χ2v) is 3.96. The molecule has 0 aromatic carbocycles. The third-order valence-corrected chi connectivity index (χ3v) is 2.68. The first-order chi connectivity index (χ1) is 7.59. The Morgan fingerprint density at radius 3 is 2.88 bits per heavy atom. The van der Waals surface area contributed by atoms with Gasteiger partial charge >= 0.3 is 5.97 Å². The lowest BCUT2D eigenvalue weighted by Crippen LogP contribution is -2.28. The van der Waals surface area contributed by atoms with Crippen molar-refractivity contribution in [3.63, 3.8) is 0 Å². The number of carboxylic acids is 1. The first-order valence-corrected chi connectivity index (χ1v) is 5.42. The van der Waals surface area contributed by atoms with Crippen molar-refractivity contribution >= 4 is 23.2 Å². The van der Waals surface area contributed by atoms with Gasteiger partial charge in [0.15, 0.2) is 0 Å². The molecule has 0 aliphatic heterocycles. The number of aryl methyl sites for hydroxylation is 1. The molecular weight excluding hydrogens is 232 g/mol. The number of carbonyl (C=O) groups is 2. The molecule has 0 saturated heterocycles. The van der Waals surface area contributed by atoms with Gasteiger partial charge in [-0.3, -0.25) is 4.79 Å². The average molecular weight is 244 g/mol. The van der Waals surface area contributed by atoms with Gasteiger partial charge in [-0.1, -0.05) is 0 Å². The largest absolute Gasteiger partial charge is 0.480 e. The van der Waals surface area contributed by atoms with Gasteiger partial charge in [0.05, 0.1) is 17.7 Å². The molecule has 1 aromatic heterocycles. The fourth-order valence-corrected chi connectivity index (χ4v) is 1.67. The summed E-state index contributed by atoms with van der Waals surface area (Å²) in [6.07, 6.45) is 0. The maximum absolute atomic E-state index is 11.2. The van der Waals surface area contributed by atoms with Crippen LogP contribution in [0.15, 0.2) is 5.51 Å². The van der Waals surface area contributed by atoms with Crippen LogP contribution in [-0.4, -0.2) is 35.2 Å². The Kier molecular flexibility index (Phi) is 4.87. The van der Waals surface area contributed by atoms with Crippen molar-refractivity contribution in [1.82, 2.24) is 10.3 Å². The molecule has 1 rings (SSSR count). The van der Waals surface area contributed by atoms with E-state index in [1.54, 1.807) is 5.51 Å². The van der Waals surface area contributed by atoms with Crippen LogP contribution in [-0.2, 0) is 20.9 Å². The molecule has 0 aliphatic carbocycles. The maximum atomic E-state index is 11.2. The molecule has 0 spiro atoms. The lowest BCUT2D eigenvalue weighted by atomic mass is 10.4. The van der Waals surface area contributed by atoms with Crippen LogP contribution in [0.1, 0.15) is 10.6 Å². The van der Waals surface area contributed by atoms with Crippen LogP contribution in [0.3, 0.4) is 0 Å². The maximum Gasteiger partial charge on any atom is 0.329 e. The van der Waals surface area contributed by atoms with E-state index in [1.165, 1.54) is 11.3 Å². The smallest absolute Gasteiger partial charge is 0.329 e. The Labute approximate surface area is 96.3 Å². The summed E-state index contributed by atoms with van der Waals surface area (Å²) >= 11 is 1.46. The fourth-order valence-electron chi connectivity index (χ4n) is 0.957. The summed E-state index contributed by atoms with van der Waals surface area (Å²) in [6, 6.07) is 0. The number of aliphatic carboxylic acids is 1. The summed E-state index contributed by atoms with van der Waals surface area (Å²) < 4.78 is 4.63. The standard InChI is InChI=1S/C9H12N2O4S/c1-6-7(16-5-11-6)2-10-8(12)3-15-4-9(13)14/h5H,2-4H2,1H3,(H,10,12)(H,13,14). The molecule has 0 fully saturated rings. The van der Waals surface area contributed by atoms with Gasteiger partial charge in [0.2, 0.25) is 5.91 Å². The van der Waals surface area contributed by atoms with Crippen LogP contribution < -0.4 is 5.32 Å². The van der Waals surface area contributed by atoms with Gasteiger partial charge in [-0.15, -0.1) is 11.3 Å². The van der Waals surface area contributed by atoms with Crippen molar-refractivity contribution in [3.05, 3.63) is 16.1 Å². The molecule has 0 radical (unpaired) electrons. The van der Waals surface area contributed by atoms with E-state index in [2.05, 4.69) is 15.0 Å². The Morgan fingerprint density at radius 1 is 1.56 bits per heavy atom. The Morgan fingerprint density at radius 2 is 2.31 bits per heavy atom. The van der Waals surface area contributed by atoms with E-state index in [0.717, 1.165) is 10.6 Å². The average Bonchev–Trinajstić information content (AvgIpc) is 2.60. The van der Waals surface area contributed by atoms with E-state index in [4.69, 9.17) is 5.11 Å². The SMILES string of the molecule is Cc1ncsc1CNC(=O)COCC(=O)O. The Hall–Kier alpha value is -1.47. The molecule has 6 nitrogen and oxygen atoms in total. The topological polar surface area (TPSA) is 88.5 Å². The number of carboxylic acid groups (broad SMARTS) is 1. The van der Waals surface area contributed by atoms with Crippen molar-refractivity contribution in [2.45, 2.75) is 13.5 Å². The van der Waals surface area contributed by atoms with Gasteiger partial charge in [0, 0.05) is 4.88 Å². The van der Waals surface area contributed by atoms with E-state index < -0.39 is 12.6 Å². The van der Waals surface area contributed by atoms with Crippen LogP contribution >= 0.6 is 11.3 Å². The fraction of sp³-hybridized carbons (Fsp3) is 0.444. The zero-order valence-electron chi connectivity index (χ0n) is 8.73. The minimum absolute atomic E-state index is 0.246. The summed E-state index contributed by atoms with van der Waals surface area (Å²) in [7, 11) is 0. The molecule has 88 valence electrons. The zero-order chi connectivity index (χ0) is 12.0. The highest BCUT2D eigenvalue weighted by atomic mass is 32.1. The quantitative estimate of drug-likeness (QED) is 0.744. The number of ether oxygens (including phenoxy) is 1. The molecule has 1 aromatic rings. The monoisotopic (exact) mass is 244 g/mol. The Bertz CT molecular complexity index is 377. The molecule has 0 saturated carbocycles. The van der Waals surface area contributed by atoms with Crippen LogP contribution in [0.5, 0.6) is 0 Å². The van der Waals surface area contributed by atoms with Crippen molar-refractivity contribution in [3.8, 4) is 0 Å². The summed E-state index contributed by atoms with van der Waals surface area (Å²) in [5.41, 5.74) is 2.59.